The number of ketones is 1. The van der Waals surface area contributed by atoms with Crippen molar-refractivity contribution < 1.29 is 4.79 Å². The first-order valence-electron chi connectivity index (χ1n) is 6.58. The number of hydrogen-bond acceptors (Lipinski definition) is 1. The van der Waals surface area contributed by atoms with Gasteiger partial charge in [-0.15, -0.1) is 11.6 Å². The summed E-state index contributed by atoms with van der Waals surface area (Å²) in [6.07, 6.45) is 0. The zero-order chi connectivity index (χ0) is 14.8. The van der Waals surface area contributed by atoms with E-state index in [1.807, 2.05) is 66.7 Å². The largest absolute Gasteiger partial charge is 0.292 e. The third-order valence-corrected chi connectivity index (χ3v) is 4.35. The second-order valence-corrected chi connectivity index (χ2v) is 6.20. The third kappa shape index (κ3) is 3.02. The van der Waals surface area contributed by atoms with Crippen molar-refractivity contribution in [1.82, 2.24) is 0 Å². The topological polar surface area (TPSA) is 17.1 Å². The molecule has 3 rings (SSSR count). The van der Waals surface area contributed by atoms with E-state index in [2.05, 4.69) is 15.9 Å². The van der Waals surface area contributed by atoms with Crippen LogP contribution in [0.3, 0.4) is 0 Å². The van der Waals surface area contributed by atoms with Crippen LogP contribution < -0.4 is 0 Å². The Labute approximate surface area is 136 Å². The molecular formula is C18H12BrClO. The van der Waals surface area contributed by atoms with Crippen LogP contribution >= 0.6 is 27.5 Å². The van der Waals surface area contributed by atoms with Crippen LogP contribution in [-0.2, 0) is 0 Å². The molecule has 0 bridgehead atoms. The van der Waals surface area contributed by atoms with Gasteiger partial charge in [-0.05, 0) is 34.5 Å². The normalized spacial score (nSPS) is 12.3. The van der Waals surface area contributed by atoms with E-state index in [9.17, 15) is 4.79 Å². The summed E-state index contributed by atoms with van der Waals surface area (Å²) < 4.78 is 1.02. The molecule has 0 fully saturated rings. The van der Waals surface area contributed by atoms with Crippen LogP contribution in [0.15, 0.2) is 71.2 Å². The summed E-state index contributed by atoms with van der Waals surface area (Å²) in [5.41, 5.74) is 1.45. The molecule has 0 radical (unpaired) electrons. The van der Waals surface area contributed by atoms with Crippen LogP contribution in [0.5, 0.6) is 0 Å². The minimum absolute atomic E-state index is 0.0762. The number of carbonyl (C=O) groups excluding carboxylic acids is 1. The van der Waals surface area contributed by atoms with Crippen molar-refractivity contribution in [2.24, 2.45) is 0 Å². The molecule has 1 unspecified atom stereocenters. The quantitative estimate of drug-likeness (QED) is 0.429. The molecule has 0 amide bonds. The van der Waals surface area contributed by atoms with E-state index < -0.39 is 5.38 Å². The van der Waals surface area contributed by atoms with E-state index in [-0.39, 0.29) is 5.78 Å². The Morgan fingerprint density at radius 2 is 1.57 bits per heavy atom. The first kappa shape index (κ1) is 14.3. The lowest BCUT2D eigenvalue weighted by Gasteiger charge is -2.10. The minimum atomic E-state index is -0.654. The van der Waals surface area contributed by atoms with Gasteiger partial charge in [0, 0.05) is 10.0 Å². The van der Waals surface area contributed by atoms with E-state index in [0.29, 0.717) is 5.56 Å². The van der Waals surface area contributed by atoms with E-state index in [0.717, 1.165) is 20.8 Å². The van der Waals surface area contributed by atoms with Crippen molar-refractivity contribution in [2.75, 3.05) is 0 Å². The van der Waals surface area contributed by atoms with Crippen LogP contribution in [0, 0.1) is 0 Å². The van der Waals surface area contributed by atoms with Crippen LogP contribution in [0.4, 0.5) is 0 Å². The second-order valence-electron chi connectivity index (χ2n) is 4.84. The number of benzene rings is 3. The highest BCUT2D eigenvalue weighted by molar-refractivity contribution is 9.10. The molecule has 104 valence electrons. The Balaban J connectivity index is 1.96. The lowest BCUT2D eigenvalue weighted by atomic mass is 9.99. The zero-order valence-corrected chi connectivity index (χ0v) is 13.4. The van der Waals surface area contributed by atoms with Crippen molar-refractivity contribution >= 4 is 44.1 Å². The van der Waals surface area contributed by atoms with Crippen LogP contribution in [-0.4, -0.2) is 5.78 Å². The van der Waals surface area contributed by atoms with E-state index >= 15 is 0 Å². The maximum atomic E-state index is 12.5. The molecule has 0 saturated carbocycles. The highest BCUT2D eigenvalue weighted by Gasteiger charge is 2.19. The maximum Gasteiger partial charge on any atom is 0.185 e. The number of rotatable bonds is 3. The van der Waals surface area contributed by atoms with Gasteiger partial charge in [0.25, 0.3) is 0 Å². The van der Waals surface area contributed by atoms with Crippen LogP contribution in [0.1, 0.15) is 21.3 Å². The first-order chi connectivity index (χ1) is 10.1. The minimum Gasteiger partial charge on any atom is -0.292 e. The predicted molar refractivity (Wildman–Crippen MR) is 91.0 cm³/mol. The van der Waals surface area contributed by atoms with Gasteiger partial charge < -0.3 is 0 Å². The van der Waals surface area contributed by atoms with Crippen molar-refractivity contribution in [3.63, 3.8) is 0 Å². The average molecular weight is 360 g/mol. The summed E-state index contributed by atoms with van der Waals surface area (Å²) in [5.74, 6) is -0.0762. The summed E-state index contributed by atoms with van der Waals surface area (Å²) in [4.78, 5) is 12.5. The fraction of sp³-hybridized carbons (Fsp3) is 0.0556. The number of hydrogen-bond donors (Lipinski definition) is 0. The van der Waals surface area contributed by atoms with Gasteiger partial charge in [-0.25, -0.2) is 0 Å². The molecular weight excluding hydrogens is 348 g/mol. The average Bonchev–Trinajstić information content (AvgIpc) is 2.53. The zero-order valence-electron chi connectivity index (χ0n) is 11.1. The van der Waals surface area contributed by atoms with E-state index in [1.165, 1.54) is 0 Å². The number of halogens is 2. The molecule has 0 aliphatic heterocycles. The third-order valence-electron chi connectivity index (χ3n) is 3.41. The van der Waals surface area contributed by atoms with Gasteiger partial charge in [-0.1, -0.05) is 64.5 Å². The molecule has 0 saturated heterocycles. The van der Waals surface area contributed by atoms with Gasteiger partial charge in [0.15, 0.2) is 5.78 Å². The smallest absolute Gasteiger partial charge is 0.185 e. The summed E-state index contributed by atoms with van der Waals surface area (Å²) in [6, 6.07) is 21.1. The fourth-order valence-electron chi connectivity index (χ4n) is 2.29. The molecule has 0 N–H and O–H groups in total. The van der Waals surface area contributed by atoms with Crippen molar-refractivity contribution in [3.8, 4) is 0 Å². The molecule has 0 aliphatic carbocycles. The predicted octanol–water partition coefficient (Wildman–Crippen LogP) is 5.77. The maximum absolute atomic E-state index is 12.5. The summed E-state index contributed by atoms with van der Waals surface area (Å²) in [6.45, 7) is 0. The molecule has 0 aliphatic rings. The molecule has 3 aromatic rings. The Morgan fingerprint density at radius 1 is 0.905 bits per heavy atom. The van der Waals surface area contributed by atoms with Crippen molar-refractivity contribution in [3.05, 3.63) is 82.3 Å². The highest BCUT2D eigenvalue weighted by atomic mass is 79.9. The molecule has 3 heteroatoms. The number of fused-ring (bicyclic) bond motifs is 1. The Bertz CT molecular complexity index is 799. The standard InChI is InChI=1S/C18H12BrClO/c19-16-9-8-13-10-15(7-6-14(13)11-16)18(21)17(20)12-4-2-1-3-5-12/h1-11,17H. The summed E-state index contributed by atoms with van der Waals surface area (Å²) in [7, 11) is 0. The monoisotopic (exact) mass is 358 g/mol. The van der Waals surface area contributed by atoms with Gasteiger partial charge in [0.05, 0.1) is 0 Å². The van der Waals surface area contributed by atoms with E-state index in [4.69, 9.17) is 11.6 Å². The SMILES string of the molecule is O=C(c1ccc2cc(Br)ccc2c1)C(Cl)c1ccccc1. The van der Waals surface area contributed by atoms with E-state index in [1.54, 1.807) is 0 Å². The van der Waals surface area contributed by atoms with Crippen molar-refractivity contribution in [1.29, 1.82) is 0 Å². The number of carbonyl (C=O) groups is 1. The molecule has 0 heterocycles. The summed E-state index contributed by atoms with van der Waals surface area (Å²) >= 11 is 9.76. The van der Waals surface area contributed by atoms with Gasteiger partial charge in [0.1, 0.15) is 5.38 Å². The molecule has 0 spiro atoms. The van der Waals surface area contributed by atoms with Gasteiger partial charge in [-0.2, -0.15) is 0 Å². The number of alkyl halides is 1. The molecule has 0 aromatic heterocycles. The number of Topliss-reactive ketones (excluding diaryl/α,β-unsaturated/α-hetero) is 1. The van der Waals surface area contributed by atoms with Crippen molar-refractivity contribution in [2.45, 2.75) is 5.38 Å². The lowest BCUT2D eigenvalue weighted by molar-refractivity contribution is 0.0987. The van der Waals surface area contributed by atoms with Crippen LogP contribution in [0.25, 0.3) is 10.8 Å². The molecule has 1 atom stereocenters. The Kier molecular flexibility index (Phi) is 4.09. The Morgan fingerprint density at radius 3 is 2.33 bits per heavy atom. The summed E-state index contributed by atoms with van der Waals surface area (Å²) in [5, 5.41) is 1.46. The molecule has 21 heavy (non-hydrogen) atoms. The lowest BCUT2D eigenvalue weighted by Crippen LogP contribution is -2.07. The van der Waals surface area contributed by atoms with Gasteiger partial charge in [-0.3, -0.25) is 4.79 Å². The second kappa shape index (κ2) is 6.00. The van der Waals surface area contributed by atoms with Crippen LogP contribution in [0.2, 0.25) is 0 Å². The Hall–Kier alpha value is -1.64. The van der Waals surface area contributed by atoms with Gasteiger partial charge in [0.2, 0.25) is 0 Å². The molecule has 1 nitrogen and oxygen atoms in total. The molecule has 3 aromatic carbocycles. The first-order valence-corrected chi connectivity index (χ1v) is 7.80. The fourth-order valence-corrected chi connectivity index (χ4v) is 2.94. The van der Waals surface area contributed by atoms with Gasteiger partial charge >= 0.3 is 0 Å². The highest BCUT2D eigenvalue weighted by Crippen LogP contribution is 2.27.